The number of likely N-dealkylation sites (N-methyl/N-ethyl adjacent to an activating group) is 1. The van der Waals surface area contributed by atoms with E-state index >= 15 is 0 Å². The van der Waals surface area contributed by atoms with Gasteiger partial charge in [0.2, 0.25) is 0 Å². The fraction of sp³-hybridized carbons (Fsp3) is 0.500. The van der Waals surface area contributed by atoms with Crippen molar-refractivity contribution >= 4 is 5.69 Å². The molecule has 1 atom stereocenters. The molecule has 0 bridgehead atoms. The second-order valence-corrected chi connectivity index (χ2v) is 4.25. The summed E-state index contributed by atoms with van der Waals surface area (Å²) >= 11 is 0. The molecule has 0 amide bonds. The van der Waals surface area contributed by atoms with E-state index in [0.29, 0.717) is 12.4 Å². The van der Waals surface area contributed by atoms with Gasteiger partial charge in [-0.3, -0.25) is 0 Å². The van der Waals surface area contributed by atoms with Crippen LogP contribution in [-0.4, -0.2) is 49.5 Å². The van der Waals surface area contributed by atoms with Crippen LogP contribution in [0.25, 0.3) is 0 Å². The summed E-state index contributed by atoms with van der Waals surface area (Å²) in [5, 5.41) is 9.43. The smallest absolute Gasteiger partial charge is 0.146 e. The zero-order valence-corrected chi connectivity index (χ0v) is 9.93. The SMILES string of the molecule is CN1CCOC(COc2cccc(O)c2N)C1. The van der Waals surface area contributed by atoms with E-state index in [1.54, 1.807) is 12.1 Å². The summed E-state index contributed by atoms with van der Waals surface area (Å²) in [5.41, 5.74) is 5.97. The number of aromatic hydroxyl groups is 1. The first-order chi connectivity index (χ1) is 8.16. The summed E-state index contributed by atoms with van der Waals surface area (Å²) in [6, 6.07) is 4.98. The van der Waals surface area contributed by atoms with E-state index in [9.17, 15) is 5.11 Å². The lowest BCUT2D eigenvalue weighted by Crippen LogP contribution is -2.42. The Bertz CT molecular complexity index is 384. The number of hydrogen-bond donors (Lipinski definition) is 2. The standard InChI is InChI=1S/C12H18N2O3/c1-14-5-6-16-9(7-14)8-17-11-4-2-3-10(15)12(11)13/h2-4,9,15H,5-8,13H2,1H3. The molecule has 0 saturated carbocycles. The highest BCUT2D eigenvalue weighted by molar-refractivity contribution is 5.61. The first-order valence-electron chi connectivity index (χ1n) is 5.67. The van der Waals surface area contributed by atoms with E-state index in [1.165, 1.54) is 6.07 Å². The van der Waals surface area contributed by atoms with Crippen LogP contribution in [0.5, 0.6) is 11.5 Å². The van der Waals surface area contributed by atoms with E-state index in [2.05, 4.69) is 11.9 Å². The number of nitrogen functional groups attached to an aromatic ring is 1. The summed E-state index contributed by atoms with van der Waals surface area (Å²) in [6.07, 6.45) is 0.0514. The number of morpholine rings is 1. The Morgan fingerprint density at radius 3 is 3.18 bits per heavy atom. The largest absolute Gasteiger partial charge is 0.506 e. The number of phenolic OH excluding ortho intramolecular Hbond substituents is 1. The molecule has 17 heavy (non-hydrogen) atoms. The monoisotopic (exact) mass is 238 g/mol. The molecule has 1 aliphatic heterocycles. The van der Waals surface area contributed by atoms with Crippen LogP contribution >= 0.6 is 0 Å². The Morgan fingerprint density at radius 2 is 2.41 bits per heavy atom. The molecule has 94 valence electrons. The third kappa shape index (κ3) is 3.01. The zero-order valence-electron chi connectivity index (χ0n) is 9.93. The van der Waals surface area contributed by atoms with E-state index in [1.807, 2.05) is 0 Å². The van der Waals surface area contributed by atoms with Crippen molar-refractivity contribution in [2.45, 2.75) is 6.10 Å². The molecule has 3 N–H and O–H groups in total. The van der Waals surface area contributed by atoms with Gasteiger partial charge in [-0.15, -0.1) is 0 Å². The Balaban J connectivity index is 1.91. The molecule has 1 heterocycles. The maximum Gasteiger partial charge on any atom is 0.146 e. The van der Waals surface area contributed by atoms with Crippen LogP contribution < -0.4 is 10.5 Å². The third-order valence-electron chi connectivity index (χ3n) is 2.81. The van der Waals surface area contributed by atoms with Crippen LogP contribution in [0, 0.1) is 0 Å². The first kappa shape index (κ1) is 12.0. The normalized spacial score (nSPS) is 21.4. The van der Waals surface area contributed by atoms with Crippen molar-refractivity contribution in [3.8, 4) is 11.5 Å². The van der Waals surface area contributed by atoms with Gasteiger partial charge in [-0.05, 0) is 19.2 Å². The van der Waals surface area contributed by atoms with E-state index < -0.39 is 0 Å². The van der Waals surface area contributed by atoms with Gasteiger partial charge in [-0.2, -0.15) is 0 Å². The summed E-state index contributed by atoms with van der Waals surface area (Å²) in [4.78, 5) is 2.20. The highest BCUT2D eigenvalue weighted by atomic mass is 16.5. The van der Waals surface area contributed by atoms with E-state index in [0.717, 1.165) is 19.7 Å². The van der Waals surface area contributed by atoms with Gasteiger partial charge in [0, 0.05) is 13.1 Å². The number of para-hydroxylation sites is 1. The molecule has 5 heteroatoms. The quantitative estimate of drug-likeness (QED) is 0.599. The minimum atomic E-state index is 0.0455. The Kier molecular flexibility index (Phi) is 3.71. The number of rotatable bonds is 3. The van der Waals surface area contributed by atoms with Gasteiger partial charge in [0.05, 0.1) is 6.61 Å². The average molecular weight is 238 g/mol. The highest BCUT2D eigenvalue weighted by Crippen LogP contribution is 2.30. The van der Waals surface area contributed by atoms with Crippen molar-refractivity contribution in [2.75, 3.05) is 39.1 Å². The lowest BCUT2D eigenvalue weighted by atomic mass is 10.2. The fourth-order valence-corrected chi connectivity index (χ4v) is 1.81. The van der Waals surface area contributed by atoms with Crippen molar-refractivity contribution in [3.63, 3.8) is 0 Å². The predicted molar refractivity (Wildman–Crippen MR) is 65.3 cm³/mol. The molecule has 5 nitrogen and oxygen atoms in total. The number of anilines is 1. The Labute approximate surface area is 101 Å². The number of nitrogens with zero attached hydrogens (tertiary/aromatic N) is 1. The number of ether oxygens (including phenoxy) is 2. The van der Waals surface area contributed by atoms with Crippen molar-refractivity contribution in [2.24, 2.45) is 0 Å². The number of hydrogen-bond acceptors (Lipinski definition) is 5. The van der Waals surface area contributed by atoms with Gasteiger partial charge >= 0.3 is 0 Å². The summed E-state index contributed by atoms with van der Waals surface area (Å²) in [6.45, 7) is 2.96. The molecular formula is C12H18N2O3. The maximum absolute atomic E-state index is 9.43. The van der Waals surface area contributed by atoms with Crippen LogP contribution in [-0.2, 0) is 4.74 Å². The van der Waals surface area contributed by atoms with Gasteiger partial charge in [0.1, 0.15) is 29.9 Å². The van der Waals surface area contributed by atoms with Crippen molar-refractivity contribution < 1.29 is 14.6 Å². The maximum atomic E-state index is 9.43. The molecule has 0 aromatic heterocycles. The summed E-state index contributed by atoms with van der Waals surface area (Å²) < 4.78 is 11.1. The third-order valence-corrected chi connectivity index (χ3v) is 2.81. The molecule has 0 aliphatic carbocycles. The lowest BCUT2D eigenvalue weighted by molar-refractivity contribution is -0.0402. The van der Waals surface area contributed by atoms with Crippen molar-refractivity contribution in [1.82, 2.24) is 4.90 Å². The molecule has 1 fully saturated rings. The van der Waals surface area contributed by atoms with Crippen LogP contribution in [0.4, 0.5) is 5.69 Å². The highest BCUT2D eigenvalue weighted by Gasteiger charge is 2.18. The second kappa shape index (κ2) is 5.25. The molecule has 0 radical (unpaired) electrons. The molecule has 1 aromatic carbocycles. The molecule has 1 aliphatic rings. The van der Waals surface area contributed by atoms with Crippen LogP contribution in [0.3, 0.4) is 0 Å². The number of phenols is 1. The Morgan fingerprint density at radius 1 is 1.59 bits per heavy atom. The van der Waals surface area contributed by atoms with Crippen molar-refractivity contribution in [3.05, 3.63) is 18.2 Å². The Hall–Kier alpha value is -1.46. The predicted octanol–water partition coefficient (Wildman–Crippen LogP) is 0.684. The van der Waals surface area contributed by atoms with Crippen LogP contribution in [0.1, 0.15) is 0 Å². The van der Waals surface area contributed by atoms with Crippen LogP contribution in [0.15, 0.2) is 18.2 Å². The van der Waals surface area contributed by atoms with Crippen LogP contribution in [0.2, 0.25) is 0 Å². The van der Waals surface area contributed by atoms with Crippen molar-refractivity contribution in [1.29, 1.82) is 0 Å². The van der Waals surface area contributed by atoms with E-state index in [4.69, 9.17) is 15.2 Å². The molecular weight excluding hydrogens is 220 g/mol. The molecule has 1 unspecified atom stereocenters. The molecule has 0 spiro atoms. The van der Waals surface area contributed by atoms with E-state index in [-0.39, 0.29) is 17.5 Å². The van der Waals surface area contributed by atoms with Gasteiger partial charge in [0.25, 0.3) is 0 Å². The van der Waals surface area contributed by atoms with Gasteiger partial charge < -0.3 is 25.2 Å². The fourth-order valence-electron chi connectivity index (χ4n) is 1.81. The summed E-state index contributed by atoms with van der Waals surface area (Å²) in [7, 11) is 2.05. The minimum absolute atomic E-state index is 0.0455. The summed E-state index contributed by atoms with van der Waals surface area (Å²) in [5.74, 6) is 0.547. The molecule has 1 aromatic rings. The lowest BCUT2D eigenvalue weighted by Gasteiger charge is -2.29. The minimum Gasteiger partial charge on any atom is -0.506 e. The van der Waals surface area contributed by atoms with Gasteiger partial charge in [-0.1, -0.05) is 6.07 Å². The molecule has 2 rings (SSSR count). The zero-order chi connectivity index (χ0) is 12.3. The second-order valence-electron chi connectivity index (χ2n) is 4.25. The number of benzene rings is 1. The topological polar surface area (TPSA) is 68.0 Å². The average Bonchev–Trinajstić information content (AvgIpc) is 2.31. The van der Waals surface area contributed by atoms with Gasteiger partial charge in [0.15, 0.2) is 0 Å². The van der Waals surface area contributed by atoms with Gasteiger partial charge in [-0.25, -0.2) is 0 Å². The molecule has 1 saturated heterocycles. The first-order valence-corrected chi connectivity index (χ1v) is 5.67. The number of nitrogens with two attached hydrogens (primary N) is 1.